The van der Waals surface area contributed by atoms with Crippen molar-refractivity contribution in [3.8, 4) is 6.07 Å². The molecule has 7 heteroatoms. The van der Waals surface area contributed by atoms with Gasteiger partial charge in [-0.25, -0.2) is 9.18 Å². The second kappa shape index (κ2) is 6.38. The van der Waals surface area contributed by atoms with Gasteiger partial charge in [0.05, 0.1) is 30.3 Å². The minimum Gasteiger partial charge on any atom is -0.441 e. The summed E-state index contributed by atoms with van der Waals surface area (Å²) in [5, 5.41) is 18.6. The minimum absolute atomic E-state index is 0.189. The summed E-state index contributed by atoms with van der Waals surface area (Å²) in [6, 6.07) is 6.81. The number of nitrogens with zero attached hydrogens (tertiary/aromatic N) is 2. The summed E-state index contributed by atoms with van der Waals surface area (Å²) in [4.78, 5) is 13.1. The molecule has 0 aromatic heterocycles. The van der Waals surface area contributed by atoms with Crippen LogP contribution >= 0.6 is 11.8 Å². The molecule has 0 radical (unpaired) electrons. The van der Waals surface area contributed by atoms with Crippen molar-refractivity contribution in [3.05, 3.63) is 29.6 Å². The molecular formula is C16H17FN2O3S. The van der Waals surface area contributed by atoms with E-state index >= 15 is 0 Å². The lowest BCUT2D eigenvalue weighted by Crippen LogP contribution is -2.31. The lowest BCUT2D eigenvalue weighted by Gasteiger charge is -2.31. The number of halogens is 1. The number of benzene rings is 1. The number of ether oxygens (including phenoxy) is 1. The highest BCUT2D eigenvalue weighted by Gasteiger charge is 2.38. The number of nitriles is 1. The van der Waals surface area contributed by atoms with Crippen LogP contribution < -0.4 is 4.90 Å². The molecule has 2 aliphatic rings. The third-order valence-corrected chi connectivity index (χ3v) is 5.40. The van der Waals surface area contributed by atoms with Crippen LogP contribution in [0.1, 0.15) is 18.4 Å². The largest absolute Gasteiger partial charge is 0.441 e. The van der Waals surface area contributed by atoms with E-state index in [0.717, 1.165) is 11.5 Å². The molecule has 1 N–H and O–H groups in total. The van der Waals surface area contributed by atoms with Gasteiger partial charge in [-0.1, -0.05) is 6.07 Å². The van der Waals surface area contributed by atoms with Gasteiger partial charge in [0.1, 0.15) is 11.9 Å². The van der Waals surface area contributed by atoms with E-state index in [-0.39, 0.29) is 13.2 Å². The first-order valence-corrected chi connectivity index (χ1v) is 8.63. The maximum Gasteiger partial charge on any atom is 0.414 e. The Morgan fingerprint density at radius 1 is 1.48 bits per heavy atom. The van der Waals surface area contributed by atoms with Crippen LogP contribution in [-0.4, -0.2) is 42.0 Å². The summed E-state index contributed by atoms with van der Waals surface area (Å²) in [6.07, 6.45) is 0.0669. The number of cyclic esters (lactones) is 1. The van der Waals surface area contributed by atoms with E-state index in [9.17, 15) is 14.4 Å². The summed E-state index contributed by atoms with van der Waals surface area (Å²) >= 11 is 1.77. The van der Waals surface area contributed by atoms with Crippen LogP contribution in [0.25, 0.3) is 0 Å². The zero-order chi connectivity index (χ0) is 16.4. The van der Waals surface area contributed by atoms with Gasteiger partial charge < -0.3 is 9.84 Å². The Hall–Kier alpha value is -1.78. The van der Waals surface area contributed by atoms with E-state index in [1.54, 1.807) is 23.9 Å². The number of carbonyl (C=O) groups is 1. The molecule has 2 aliphatic heterocycles. The van der Waals surface area contributed by atoms with Crippen LogP contribution in [0.4, 0.5) is 14.9 Å². The molecule has 1 amide bonds. The predicted octanol–water partition coefficient (Wildman–Crippen LogP) is 2.43. The summed E-state index contributed by atoms with van der Waals surface area (Å²) < 4.78 is 19.6. The zero-order valence-electron chi connectivity index (χ0n) is 12.5. The Kier molecular flexibility index (Phi) is 4.46. The number of rotatable bonds is 3. The second-order valence-electron chi connectivity index (χ2n) is 5.77. The Morgan fingerprint density at radius 3 is 2.78 bits per heavy atom. The fourth-order valence-corrected chi connectivity index (χ4v) is 4.24. The fourth-order valence-electron chi connectivity index (χ4n) is 3.05. The highest BCUT2D eigenvalue weighted by molar-refractivity contribution is 7.99. The average Bonchev–Trinajstić information content (AvgIpc) is 2.96. The number of carbonyl (C=O) groups excluding carboxylic acids is 1. The molecule has 122 valence electrons. The number of thioether (sulfide) groups is 1. The van der Waals surface area contributed by atoms with Crippen LogP contribution in [0.2, 0.25) is 0 Å². The molecule has 0 spiro atoms. The van der Waals surface area contributed by atoms with Crippen molar-refractivity contribution in [2.75, 3.05) is 29.6 Å². The third kappa shape index (κ3) is 2.89. The van der Waals surface area contributed by atoms with E-state index in [2.05, 4.69) is 6.07 Å². The number of aliphatic hydroxyl groups is 1. The molecule has 0 aliphatic carbocycles. The fraction of sp³-hybridized carbons (Fsp3) is 0.500. The lowest BCUT2D eigenvalue weighted by molar-refractivity contribution is 0.0963. The zero-order valence-corrected chi connectivity index (χ0v) is 13.3. The van der Waals surface area contributed by atoms with Gasteiger partial charge in [0.2, 0.25) is 0 Å². The number of anilines is 1. The molecule has 1 aromatic rings. The van der Waals surface area contributed by atoms with Crippen molar-refractivity contribution in [2.24, 2.45) is 0 Å². The molecule has 2 heterocycles. The van der Waals surface area contributed by atoms with E-state index in [1.165, 1.54) is 11.0 Å². The van der Waals surface area contributed by atoms with Crippen LogP contribution in [0.5, 0.6) is 0 Å². The molecule has 0 saturated carbocycles. The van der Waals surface area contributed by atoms with Gasteiger partial charge in [-0.05, 0) is 36.5 Å². The second-order valence-corrected chi connectivity index (χ2v) is 6.99. The Labute approximate surface area is 138 Å². The van der Waals surface area contributed by atoms with E-state index < -0.39 is 23.4 Å². The predicted molar refractivity (Wildman–Crippen MR) is 85.0 cm³/mol. The molecule has 0 bridgehead atoms. The van der Waals surface area contributed by atoms with Crippen LogP contribution in [0.15, 0.2) is 18.2 Å². The first-order chi connectivity index (χ1) is 11.1. The first-order valence-electron chi connectivity index (χ1n) is 7.48. The van der Waals surface area contributed by atoms with E-state index in [4.69, 9.17) is 9.84 Å². The molecule has 1 aromatic carbocycles. The third-order valence-electron chi connectivity index (χ3n) is 4.42. The van der Waals surface area contributed by atoms with Gasteiger partial charge in [-0.2, -0.15) is 17.0 Å². The van der Waals surface area contributed by atoms with Crippen LogP contribution in [0.3, 0.4) is 0 Å². The number of hydrogen-bond donors (Lipinski definition) is 1. The summed E-state index contributed by atoms with van der Waals surface area (Å²) in [6.45, 7) is -0.0772. The maximum atomic E-state index is 14.6. The molecule has 0 unspecified atom stereocenters. The normalized spacial score (nSPS) is 23.4. The standard InChI is InChI=1S/C16H17FN2O3S/c17-14-7-11(19-8-12(9-20)22-15(19)21)1-2-13(14)16(10-18)3-5-23-6-4-16/h1-2,7,12,20H,3-6,8-9H2/t12-/m1/s1. The van der Waals surface area contributed by atoms with Gasteiger partial charge in [0.15, 0.2) is 0 Å². The topological polar surface area (TPSA) is 73.6 Å². The smallest absolute Gasteiger partial charge is 0.414 e. The van der Waals surface area contributed by atoms with E-state index in [1.807, 2.05) is 0 Å². The lowest BCUT2D eigenvalue weighted by atomic mass is 9.76. The van der Waals surface area contributed by atoms with Crippen molar-refractivity contribution in [1.82, 2.24) is 0 Å². The SMILES string of the molecule is N#CC1(c2ccc(N3C[C@H](CO)OC3=O)cc2F)CCSCC1. The molecule has 1 atom stereocenters. The van der Waals surface area contributed by atoms with Crippen LogP contribution in [-0.2, 0) is 10.2 Å². The van der Waals surface area contributed by atoms with Gasteiger partial charge >= 0.3 is 6.09 Å². The monoisotopic (exact) mass is 336 g/mol. The number of amides is 1. The van der Waals surface area contributed by atoms with Crippen molar-refractivity contribution in [1.29, 1.82) is 5.26 Å². The van der Waals surface area contributed by atoms with Crippen molar-refractivity contribution in [2.45, 2.75) is 24.4 Å². The summed E-state index contributed by atoms with van der Waals surface area (Å²) in [5.41, 5.74) is -0.00619. The maximum absolute atomic E-state index is 14.6. The highest BCUT2D eigenvalue weighted by Crippen LogP contribution is 2.40. The summed E-state index contributed by atoms with van der Waals surface area (Å²) in [5.74, 6) is 1.20. The van der Waals surface area contributed by atoms with E-state index in [0.29, 0.717) is 24.1 Å². The molecule has 23 heavy (non-hydrogen) atoms. The first kappa shape index (κ1) is 16.1. The Balaban J connectivity index is 1.89. The quantitative estimate of drug-likeness (QED) is 0.918. The molecule has 5 nitrogen and oxygen atoms in total. The Morgan fingerprint density at radius 2 is 2.22 bits per heavy atom. The minimum atomic E-state index is -0.785. The van der Waals surface area contributed by atoms with Gasteiger partial charge in [0.25, 0.3) is 0 Å². The number of hydrogen-bond acceptors (Lipinski definition) is 5. The average molecular weight is 336 g/mol. The molecule has 2 saturated heterocycles. The van der Waals surface area contributed by atoms with Crippen LogP contribution in [0, 0.1) is 17.1 Å². The van der Waals surface area contributed by atoms with Gasteiger partial charge in [0, 0.05) is 5.56 Å². The molecule has 2 fully saturated rings. The highest BCUT2D eigenvalue weighted by atomic mass is 32.2. The van der Waals surface area contributed by atoms with Gasteiger partial charge in [-0.3, -0.25) is 4.90 Å². The van der Waals surface area contributed by atoms with Crippen molar-refractivity contribution >= 4 is 23.5 Å². The molecule has 3 rings (SSSR count). The van der Waals surface area contributed by atoms with Crippen molar-refractivity contribution in [3.63, 3.8) is 0 Å². The van der Waals surface area contributed by atoms with Gasteiger partial charge in [-0.15, -0.1) is 0 Å². The Bertz CT molecular complexity index is 655. The number of aliphatic hydroxyl groups excluding tert-OH is 1. The van der Waals surface area contributed by atoms with Crippen molar-refractivity contribution < 1.29 is 19.0 Å². The summed E-state index contributed by atoms with van der Waals surface area (Å²) in [7, 11) is 0. The molecular weight excluding hydrogens is 319 g/mol.